The van der Waals surface area contributed by atoms with Gasteiger partial charge in [-0.2, -0.15) is 0 Å². The highest BCUT2D eigenvalue weighted by Crippen LogP contribution is 2.22. The first-order valence-electron chi connectivity index (χ1n) is 4.54. The van der Waals surface area contributed by atoms with Crippen molar-refractivity contribution in [3.8, 4) is 0 Å². The number of aromatic nitrogens is 1. The Labute approximate surface area is 87.7 Å². The zero-order valence-electron chi connectivity index (χ0n) is 7.70. The predicted molar refractivity (Wildman–Crippen MR) is 59.5 cm³/mol. The summed E-state index contributed by atoms with van der Waals surface area (Å²) in [7, 11) is 0. The molecule has 1 heterocycles. The van der Waals surface area contributed by atoms with Gasteiger partial charge in [-0.1, -0.05) is 17.7 Å². The summed E-state index contributed by atoms with van der Waals surface area (Å²) in [5.74, 6) is 0. The van der Waals surface area contributed by atoms with E-state index in [1.165, 1.54) is 5.56 Å². The van der Waals surface area contributed by atoms with Gasteiger partial charge < -0.3 is 5.73 Å². The second-order valence-corrected chi connectivity index (χ2v) is 3.59. The number of nitrogens with two attached hydrogens (primary N) is 1. The lowest BCUT2D eigenvalue weighted by molar-refractivity contribution is 0.971. The van der Waals surface area contributed by atoms with Crippen molar-refractivity contribution in [1.29, 1.82) is 0 Å². The molecule has 1 aromatic carbocycles. The Balaban J connectivity index is 2.58. The molecule has 0 bridgehead atoms. The highest BCUT2D eigenvalue weighted by molar-refractivity contribution is 6.35. The molecule has 0 unspecified atom stereocenters. The van der Waals surface area contributed by atoms with E-state index < -0.39 is 0 Å². The third-order valence-electron chi connectivity index (χ3n) is 2.19. The van der Waals surface area contributed by atoms with Crippen molar-refractivity contribution >= 4 is 22.5 Å². The van der Waals surface area contributed by atoms with Crippen molar-refractivity contribution in [3.05, 3.63) is 41.0 Å². The fourth-order valence-corrected chi connectivity index (χ4v) is 1.69. The smallest absolute Gasteiger partial charge is 0.0717 e. The van der Waals surface area contributed by atoms with Crippen LogP contribution >= 0.6 is 11.6 Å². The minimum Gasteiger partial charge on any atom is -0.330 e. The number of fused-ring (bicyclic) bond motifs is 1. The Morgan fingerprint density at radius 1 is 1.29 bits per heavy atom. The van der Waals surface area contributed by atoms with Gasteiger partial charge in [-0.15, -0.1) is 0 Å². The SMILES string of the molecule is NCCc1ccc2nccc(Cl)c2c1. The Hall–Kier alpha value is -1.12. The lowest BCUT2D eigenvalue weighted by Gasteiger charge is -2.02. The second kappa shape index (κ2) is 3.95. The first-order chi connectivity index (χ1) is 6.81. The maximum atomic E-state index is 6.06. The molecule has 0 aliphatic rings. The lowest BCUT2D eigenvalue weighted by Crippen LogP contribution is -2.02. The maximum absolute atomic E-state index is 6.06. The highest BCUT2D eigenvalue weighted by Gasteiger charge is 2.00. The van der Waals surface area contributed by atoms with Crippen LogP contribution in [0.5, 0.6) is 0 Å². The molecule has 2 aromatic rings. The molecule has 2 nitrogen and oxygen atoms in total. The van der Waals surface area contributed by atoms with E-state index in [0.717, 1.165) is 22.3 Å². The van der Waals surface area contributed by atoms with Crippen LogP contribution < -0.4 is 5.73 Å². The van der Waals surface area contributed by atoms with Crippen molar-refractivity contribution in [3.63, 3.8) is 0 Å². The average Bonchev–Trinajstić information content (AvgIpc) is 2.20. The molecule has 0 aliphatic carbocycles. The molecule has 0 atom stereocenters. The van der Waals surface area contributed by atoms with E-state index in [1.807, 2.05) is 12.1 Å². The Morgan fingerprint density at radius 3 is 2.93 bits per heavy atom. The zero-order valence-corrected chi connectivity index (χ0v) is 8.46. The third kappa shape index (κ3) is 1.72. The van der Waals surface area contributed by atoms with Gasteiger partial charge >= 0.3 is 0 Å². The zero-order chi connectivity index (χ0) is 9.97. The number of rotatable bonds is 2. The second-order valence-electron chi connectivity index (χ2n) is 3.18. The summed E-state index contributed by atoms with van der Waals surface area (Å²) in [4.78, 5) is 4.23. The van der Waals surface area contributed by atoms with Gasteiger partial charge in [0.15, 0.2) is 0 Å². The number of nitrogens with zero attached hydrogens (tertiary/aromatic N) is 1. The average molecular weight is 207 g/mol. The van der Waals surface area contributed by atoms with E-state index in [4.69, 9.17) is 17.3 Å². The van der Waals surface area contributed by atoms with E-state index in [2.05, 4.69) is 11.1 Å². The molecule has 2 N–H and O–H groups in total. The molecule has 0 saturated carbocycles. The van der Waals surface area contributed by atoms with E-state index in [0.29, 0.717) is 6.54 Å². The van der Waals surface area contributed by atoms with E-state index in [-0.39, 0.29) is 0 Å². The van der Waals surface area contributed by atoms with Crippen LogP contribution in [0.3, 0.4) is 0 Å². The van der Waals surface area contributed by atoms with Crippen molar-refractivity contribution in [2.24, 2.45) is 5.73 Å². The van der Waals surface area contributed by atoms with Crippen LogP contribution in [0.1, 0.15) is 5.56 Å². The fraction of sp³-hybridized carbons (Fsp3) is 0.182. The summed E-state index contributed by atoms with van der Waals surface area (Å²) in [5, 5.41) is 1.74. The maximum Gasteiger partial charge on any atom is 0.0717 e. The van der Waals surface area contributed by atoms with Crippen LogP contribution in [-0.2, 0) is 6.42 Å². The summed E-state index contributed by atoms with van der Waals surface area (Å²) in [6.07, 6.45) is 2.59. The Morgan fingerprint density at radius 2 is 2.14 bits per heavy atom. The summed E-state index contributed by atoms with van der Waals surface area (Å²) in [5.41, 5.74) is 7.63. The standard InChI is InChI=1S/C11H11ClN2/c12-10-4-6-14-11-2-1-8(3-5-13)7-9(10)11/h1-2,4,6-7H,3,5,13H2. The van der Waals surface area contributed by atoms with Gasteiger partial charge in [0.25, 0.3) is 0 Å². The first-order valence-corrected chi connectivity index (χ1v) is 4.92. The molecule has 0 saturated heterocycles. The van der Waals surface area contributed by atoms with E-state index >= 15 is 0 Å². The molecule has 3 heteroatoms. The summed E-state index contributed by atoms with van der Waals surface area (Å²) in [6.45, 7) is 0.656. The molecule has 0 radical (unpaired) electrons. The lowest BCUT2D eigenvalue weighted by atomic mass is 10.1. The van der Waals surface area contributed by atoms with Gasteiger partial charge in [-0.3, -0.25) is 4.98 Å². The molecule has 72 valence electrons. The summed E-state index contributed by atoms with van der Waals surface area (Å²) >= 11 is 6.06. The molecular weight excluding hydrogens is 196 g/mol. The Kier molecular flexibility index (Phi) is 2.66. The molecule has 0 fully saturated rings. The van der Waals surface area contributed by atoms with Crippen molar-refractivity contribution in [2.75, 3.05) is 6.54 Å². The number of hydrogen-bond donors (Lipinski definition) is 1. The van der Waals surface area contributed by atoms with Crippen molar-refractivity contribution in [2.45, 2.75) is 6.42 Å². The van der Waals surface area contributed by atoms with Gasteiger partial charge in [0.2, 0.25) is 0 Å². The molecule has 14 heavy (non-hydrogen) atoms. The monoisotopic (exact) mass is 206 g/mol. The van der Waals surface area contributed by atoms with Crippen molar-refractivity contribution < 1.29 is 0 Å². The van der Waals surface area contributed by atoms with Crippen LogP contribution in [0.2, 0.25) is 5.02 Å². The number of pyridine rings is 1. The molecule has 0 aliphatic heterocycles. The summed E-state index contributed by atoms with van der Waals surface area (Å²) in [6, 6.07) is 7.87. The van der Waals surface area contributed by atoms with Crippen LogP contribution in [0.25, 0.3) is 10.9 Å². The van der Waals surface area contributed by atoms with Crippen LogP contribution in [0.15, 0.2) is 30.5 Å². The number of hydrogen-bond acceptors (Lipinski definition) is 2. The summed E-state index contributed by atoms with van der Waals surface area (Å²) < 4.78 is 0. The number of halogens is 1. The van der Waals surface area contributed by atoms with Gasteiger partial charge in [0.05, 0.1) is 10.5 Å². The topological polar surface area (TPSA) is 38.9 Å². The quantitative estimate of drug-likeness (QED) is 0.820. The normalized spacial score (nSPS) is 10.7. The fourth-order valence-electron chi connectivity index (χ4n) is 1.48. The molecule has 2 rings (SSSR count). The molecule has 0 amide bonds. The largest absolute Gasteiger partial charge is 0.330 e. The van der Waals surface area contributed by atoms with E-state index in [1.54, 1.807) is 12.3 Å². The van der Waals surface area contributed by atoms with Gasteiger partial charge in [0.1, 0.15) is 0 Å². The highest BCUT2D eigenvalue weighted by atomic mass is 35.5. The molecular formula is C11H11ClN2. The molecule has 0 spiro atoms. The van der Waals surface area contributed by atoms with Crippen LogP contribution in [0.4, 0.5) is 0 Å². The van der Waals surface area contributed by atoms with Gasteiger partial charge in [-0.25, -0.2) is 0 Å². The van der Waals surface area contributed by atoms with E-state index in [9.17, 15) is 0 Å². The third-order valence-corrected chi connectivity index (χ3v) is 2.52. The van der Waals surface area contributed by atoms with Crippen molar-refractivity contribution in [1.82, 2.24) is 4.98 Å². The van der Waals surface area contributed by atoms with Gasteiger partial charge in [0, 0.05) is 11.6 Å². The van der Waals surface area contributed by atoms with Crippen LogP contribution in [0, 0.1) is 0 Å². The number of benzene rings is 1. The minimum absolute atomic E-state index is 0.656. The van der Waals surface area contributed by atoms with Gasteiger partial charge in [-0.05, 0) is 36.7 Å². The minimum atomic E-state index is 0.656. The first kappa shape index (κ1) is 9.44. The Bertz CT molecular complexity index is 454. The predicted octanol–water partition coefficient (Wildman–Crippen LogP) is 2.39. The molecule has 1 aromatic heterocycles. The van der Waals surface area contributed by atoms with Crippen LogP contribution in [-0.4, -0.2) is 11.5 Å².